The summed E-state index contributed by atoms with van der Waals surface area (Å²) in [5, 5.41) is 18.3. The van der Waals surface area contributed by atoms with Crippen LogP contribution >= 0.6 is 0 Å². The minimum absolute atomic E-state index is 0.166. The number of nitrogens with zero attached hydrogens (tertiary/aromatic N) is 4. The first-order chi connectivity index (χ1) is 9.21. The molecule has 0 spiro atoms. The molecule has 0 radical (unpaired) electrons. The minimum atomic E-state index is -2.35. The Hall–Kier alpha value is -2.35. The highest BCUT2D eigenvalue weighted by Crippen LogP contribution is 2.28. The monoisotopic (exact) mass is 253 g/mol. The van der Waals surface area contributed by atoms with E-state index in [1.54, 1.807) is 0 Å². The molecule has 0 fully saturated rings. The summed E-state index contributed by atoms with van der Waals surface area (Å²) in [6, 6.07) is 3.54. The molecule has 18 heavy (non-hydrogen) atoms. The topological polar surface area (TPSA) is 99.9 Å². The van der Waals surface area contributed by atoms with E-state index in [2.05, 4.69) is 10.2 Å². The molecular weight excluding hydrogens is 241 g/mol. The Balaban J connectivity index is 2.70. The van der Waals surface area contributed by atoms with Crippen molar-refractivity contribution < 1.29 is 12.1 Å². The second kappa shape index (κ2) is 4.49. The molecule has 0 aliphatic heterocycles. The van der Waals surface area contributed by atoms with Crippen molar-refractivity contribution in [3.63, 3.8) is 0 Å². The summed E-state index contributed by atoms with van der Waals surface area (Å²) < 4.78 is 29.0. The number of halogens is 1. The summed E-state index contributed by atoms with van der Waals surface area (Å²) in [6.07, 6.45) is 0. The predicted molar refractivity (Wildman–Crippen MR) is 60.9 cm³/mol. The third-order valence-electron chi connectivity index (χ3n) is 2.28. The molecule has 0 bridgehead atoms. The predicted octanol–water partition coefficient (Wildman–Crippen LogP) is 0.988. The van der Waals surface area contributed by atoms with E-state index < -0.39 is 22.9 Å². The molecule has 2 N–H and O–H groups in total. The summed E-state index contributed by atoms with van der Waals surface area (Å²) >= 11 is 0. The normalized spacial score (nSPS) is 13.1. The molecular formula is C10H10FN5O2. The zero-order valence-electron chi connectivity index (χ0n) is 11.3. The van der Waals surface area contributed by atoms with Crippen LogP contribution in [0.15, 0.2) is 18.2 Å². The van der Waals surface area contributed by atoms with Crippen molar-refractivity contribution in [1.82, 2.24) is 15.0 Å². The molecule has 0 unspecified atom stereocenters. The Bertz CT molecular complexity index is 683. The molecule has 1 aromatic carbocycles. The van der Waals surface area contributed by atoms with Crippen molar-refractivity contribution in [2.45, 2.75) is 6.50 Å². The van der Waals surface area contributed by atoms with Crippen LogP contribution in [0.1, 0.15) is 8.44 Å². The molecule has 0 amide bonds. The molecule has 7 nitrogen and oxygen atoms in total. The Kier molecular flexibility index (Phi) is 2.41. The lowest BCUT2D eigenvalue weighted by atomic mass is 10.1. The smallest absolute Gasteiger partial charge is 0.305 e. The first kappa shape index (κ1) is 9.66. The second-order valence-electron chi connectivity index (χ2n) is 3.43. The standard InChI is InChI=1S/C10H10FN5O2/c1-15-13-7(5-12)10(14-15)6-3-2-4-8(9(6)11)16(17)18/h2-4H,5,12H2,1H3/i5D2. The number of hydrogen-bond acceptors (Lipinski definition) is 5. The van der Waals surface area contributed by atoms with E-state index in [4.69, 9.17) is 8.48 Å². The number of benzene rings is 1. The highest BCUT2D eigenvalue weighted by atomic mass is 19.1. The van der Waals surface area contributed by atoms with Crippen LogP contribution < -0.4 is 5.73 Å². The van der Waals surface area contributed by atoms with E-state index in [9.17, 15) is 14.5 Å². The van der Waals surface area contributed by atoms with Gasteiger partial charge in [0, 0.05) is 27.9 Å². The van der Waals surface area contributed by atoms with E-state index in [-0.39, 0.29) is 17.0 Å². The van der Waals surface area contributed by atoms with Gasteiger partial charge in [-0.25, -0.2) is 0 Å². The average molecular weight is 253 g/mol. The minimum Gasteiger partial charge on any atom is -0.325 e. The Morgan fingerprint density at radius 3 is 2.94 bits per heavy atom. The summed E-state index contributed by atoms with van der Waals surface area (Å²) in [5.41, 5.74) is 3.91. The highest BCUT2D eigenvalue weighted by molar-refractivity contribution is 5.65. The van der Waals surface area contributed by atoms with Gasteiger partial charge in [0.15, 0.2) is 0 Å². The molecule has 0 aliphatic rings. The number of rotatable bonds is 3. The molecule has 1 heterocycles. The van der Waals surface area contributed by atoms with E-state index in [1.807, 2.05) is 0 Å². The van der Waals surface area contributed by atoms with E-state index >= 15 is 0 Å². The van der Waals surface area contributed by atoms with Gasteiger partial charge in [0.05, 0.1) is 4.92 Å². The van der Waals surface area contributed by atoms with Crippen LogP contribution in [0, 0.1) is 15.9 Å². The molecule has 2 aromatic rings. The maximum Gasteiger partial charge on any atom is 0.305 e. The molecule has 0 saturated carbocycles. The maximum absolute atomic E-state index is 14.1. The van der Waals surface area contributed by atoms with Crippen LogP contribution in [-0.2, 0) is 13.5 Å². The van der Waals surface area contributed by atoms with Crippen LogP contribution in [0.4, 0.5) is 10.1 Å². The number of nitro groups is 1. The van der Waals surface area contributed by atoms with Gasteiger partial charge in [-0.3, -0.25) is 10.1 Å². The van der Waals surface area contributed by atoms with Gasteiger partial charge < -0.3 is 5.73 Å². The van der Waals surface area contributed by atoms with Crippen molar-refractivity contribution in [2.75, 3.05) is 0 Å². The van der Waals surface area contributed by atoms with Gasteiger partial charge in [0.25, 0.3) is 0 Å². The molecule has 94 valence electrons. The first-order valence-electron chi connectivity index (χ1n) is 5.85. The fourth-order valence-corrected chi connectivity index (χ4v) is 1.53. The summed E-state index contributed by atoms with van der Waals surface area (Å²) in [7, 11) is 1.41. The van der Waals surface area contributed by atoms with Gasteiger partial charge in [0.1, 0.15) is 11.4 Å². The van der Waals surface area contributed by atoms with Gasteiger partial charge >= 0.3 is 5.69 Å². The number of aromatic nitrogens is 3. The van der Waals surface area contributed by atoms with E-state index in [1.165, 1.54) is 19.2 Å². The molecule has 2 rings (SSSR count). The van der Waals surface area contributed by atoms with E-state index in [0.717, 1.165) is 10.9 Å². The van der Waals surface area contributed by atoms with Gasteiger partial charge in [-0.1, -0.05) is 6.07 Å². The molecule has 0 aliphatic carbocycles. The number of nitrogens with two attached hydrogens (primary N) is 1. The van der Waals surface area contributed by atoms with Crippen LogP contribution in [0.25, 0.3) is 11.3 Å². The zero-order chi connectivity index (χ0) is 15.1. The maximum atomic E-state index is 14.1. The summed E-state index contributed by atoms with van der Waals surface area (Å²) in [6.45, 7) is -2.35. The SMILES string of the molecule is [2H]C([2H])(N)c1nn(C)nc1-c1cccc([N+](=O)[O-])c1F. The van der Waals surface area contributed by atoms with E-state index in [0.29, 0.717) is 0 Å². The highest BCUT2D eigenvalue weighted by Gasteiger charge is 2.22. The molecule has 1 aromatic heterocycles. The van der Waals surface area contributed by atoms with Crippen molar-refractivity contribution >= 4 is 5.69 Å². The van der Waals surface area contributed by atoms with Crippen molar-refractivity contribution in [3.05, 3.63) is 39.8 Å². The van der Waals surface area contributed by atoms with Crippen LogP contribution in [-0.4, -0.2) is 19.9 Å². The van der Waals surface area contributed by atoms with Crippen molar-refractivity contribution in [2.24, 2.45) is 12.8 Å². The van der Waals surface area contributed by atoms with Crippen LogP contribution in [0.3, 0.4) is 0 Å². The third-order valence-corrected chi connectivity index (χ3v) is 2.28. The van der Waals surface area contributed by atoms with Gasteiger partial charge in [-0.15, -0.1) is 0 Å². The first-order valence-corrected chi connectivity index (χ1v) is 4.85. The Morgan fingerprint density at radius 2 is 2.33 bits per heavy atom. The number of hydrogen-bond donors (Lipinski definition) is 1. The van der Waals surface area contributed by atoms with Crippen molar-refractivity contribution in [3.8, 4) is 11.3 Å². The lowest BCUT2D eigenvalue weighted by Gasteiger charge is -2.01. The summed E-state index contributed by atoms with van der Waals surface area (Å²) in [5.74, 6) is -1.11. The molecule has 0 atom stereocenters. The van der Waals surface area contributed by atoms with Crippen LogP contribution in [0.2, 0.25) is 0 Å². The lowest BCUT2D eigenvalue weighted by Crippen LogP contribution is -2.01. The van der Waals surface area contributed by atoms with Crippen LogP contribution in [0.5, 0.6) is 0 Å². The Labute approximate surface area is 104 Å². The van der Waals surface area contributed by atoms with Gasteiger partial charge in [0.2, 0.25) is 5.82 Å². The van der Waals surface area contributed by atoms with Crippen molar-refractivity contribution in [1.29, 1.82) is 0 Å². The van der Waals surface area contributed by atoms with Gasteiger partial charge in [-0.05, 0) is 6.07 Å². The largest absolute Gasteiger partial charge is 0.325 e. The molecule has 0 saturated heterocycles. The lowest BCUT2D eigenvalue weighted by molar-refractivity contribution is -0.387. The third kappa shape index (κ3) is 1.93. The number of nitro benzene ring substituents is 1. The quantitative estimate of drug-likeness (QED) is 0.649. The fraction of sp³-hybridized carbons (Fsp3) is 0.200. The average Bonchev–Trinajstić information content (AvgIpc) is 2.71. The summed E-state index contributed by atoms with van der Waals surface area (Å²) in [4.78, 5) is 10.9. The second-order valence-corrected chi connectivity index (χ2v) is 3.43. The van der Waals surface area contributed by atoms with Gasteiger partial charge in [-0.2, -0.15) is 19.4 Å². The number of aryl methyl sites for hydroxylation is 1. The zero-order valence-corrected chi connectivity index (χ0v) is 9.29. The fourth-order valence-electron chi connectivity index (χ4n) is 1.53. The Morgan fingerprint density at radius 1 is 1.61 bits per heavy atom. The molecule has 8 heteroatoms.